The molecule has 0 unspecified atom stereocenters. The summed E-state index contributed by atoms with van der Waals surface area (Å²) in [5, 5.41) is 1.07. The first kappa shape index (κ1) is 15.7. The molecule has 0 saturated carbocycles. The molecule has 2 heterocycles. The first-order chi connectivity index (χ1) is 11.6. The molecule has 0 fully saturated rings. The van der Waals surface area contributed by atoms with Crippen molar-refractivity contribution in [1.82, 2.24) is 14.9 Å². The van der Waals surface area contributed by atoms with Crippen LogP contribution in [-0.4, -0.2) is 27.8 Å². The molecule has 0 aliphatic rings. The van der Waals surface area contributed by atoms with Crippen LogP contribution in [0.4, 0.5) is 5.82 Å². The van der Waals surface area contributed by atoms with E-state index in [1.165, 1.54) is 6.08 Å². The van der Waals surface area contributed by atoms with Crippen molar-refractivity contribution in [2.45, 2.75) is 6.54 Å². The van der Waals surface area contributed by atoms with Gasteiger partial charge in [-0.25, -0.2) is 4.98 Å². The summed E-state index contributed by atoms with van der Waals surface area (Å²) in [5.74, 6) is 0.374. The Bertz CT molecular complexity index is 887. The molecule has 3 rings (SSSR count). The second-order valence-electron chi connectivity index (χ2n) is 5.58. The highest BCUT2D eigenvalue weighted by Gasteiger charge is 2.07. The van der Waals surface area contributed by atoms with Crippen LogP contribution in [0.2, 0.25) is 0 Å². The molecule has 3 aromatic rings. The van der Waals surface area contributed by atoms with Gasteiger partial charge in [0.1, 0.15) is 5.82 Å². The Morgan fingerprint density at radius 1 is 1.17 bits per heavy atom. The normalized spacial score (nSPS) is 11.0. The van der Waals surface area contributed by atoms with Crippen molar-refractivity contribution in [3.63, 3.8) is 0 Å². The summed E-state index contributed by atoms with van der Waals surface area (Å²) in [6, 6.07) is 13.5. The van der Waals surface area contributed by atoms with Crippen molar-refractivity contribution in [2.75, 3.05) is 12.8 Å². The molecule has 0 aliphatic heterocycles. The van der Waals surface area contributed by atoms with Gasteiger partial charge in [-0.2, -0.15) is 0 Å². The zero-order valence-electron chi connectivity index (χ0n) is 13.4. The first-order valence-electron chi connectivity index (χ1n) is 7.60. The summed E-state index contributed by atoms with van der Waals surface area (Å²) in [7, 11) is 1.77. The number of amides is 1. The number of pyridine rings is 2. The molecule has 120 valence electrons. The van der Waals surface area contributed by atoms with Crippen LogP contribution in [-0.2, 0) is 11.3 Å². The molecular weight excluding hydrogens is 300 g/mol. The fourth-order valence-corrected chi connectivity index (χ4v) is 2.36. The number of nitrogen functional groups attached to an aromatic ring is 1. The predicted octanol–water partition coefficient (Wildman–Crippen LogP) is 2.88. The molecule has 0 atom stereocenters. The lowest BCUT2D eigenvalue weighted by atomic mass is 10.1. The summed E-state index contributed by atoms with van der Waals surface area (Å²) in [6.45, 7) is 0.501. The highest BCUT2D eigenvalue weighted by molar-refractivity contribution is 5.91. The van der Waals surface area contributed by atoms with Crippen LogP contribution in [0.3, 0.4) is 0 Å². The number of likely N-dealkylation sites (N-methyl/N-ethyl adjacent to an activating group) is 1. The van der Waals surface area contributed by atoms with Crippen LogP contribution in [0.15, 0.2) is 60.9 Å². The fraction of sp³-hybridized carbons (Fsp3) is 0.105. The van der Waals surface area contributed by atoms with Crippen LogP contribution >= 0.6 is 0 Å². The third kappa shape index (κ3) is 3.76. The molecule has 5 nitrogen and oxygen atoms in total. The van der Waals surface area contributed by atoms with Crippen molar-refractivity contribution >= 4 is 28.7 Å². The number of fused-ring (bicyclic) bond motifs is 1. The molecule has 2 aromatic heterocycles. The average Bonchev–Trinajstić information content (AvgIpc) is 2.61. The van der Waals surface area contributed by atoms with Gasteiger partial charge in [0.05, 0.1) is 5.52 Å². The highest BCUT2D eigenvalue weighted by atomic mass is 16.2. The largest absolute Gasteiger partial charge is 0.384 e. The smallest absolute Gasteiger partial charge is 0.246 e. The fourth-order valence-electron chi connectivity index (χ4n) is 2.36. The molecule has 0 saturated heterocycles. The molecule has 0 bridgehead atoms. The number of hydrogen-bond acceptors (Lipinski definition) is 4. The number of carbonyl (C=O) groups is 1. The zero-order valence-corrected chi connectivity index (χ0v) is 13.4. The van der Waals surface area contributed by atoms with E-state index in [9.17, 15) is 4.79 Å². The number of para-hydroxylation sites is 1. The van der Waals surface area contributed by atoms with Crippen LogP contribution < -0.4 is 5.73 Å². The Balaban J connectivity index is 1.67. The van der Waals surface area contributed by atoms with Gasteiger partial charge in [0, 0.05) is 37.4 Å². The van der Waals surface area contributed by atoms with E-state index in [-0.39, 0.29) is 5.91 Å². The van der Waals surface area contributed by atoms with Crippen LogP contribution in [0, 0.1) is 0 Å². The lowest BCUT2D eigenvalue weighted by molar-refractivity contribution is -0.125. The van der Waals surface area contributed by atoms with Gasteiger partial charge in [0.15, 0.2) is 0 Å². The number of nitrogens with zero attached hydrogens (tertiary/aromatic N) is 3. The van der Waals surface area contributed by atoms with Gasteiger partial charge < -0.3 is 10.6 Å². The second-order valence-corrected chi connectivity index (χ2v) is 5.58. The van der Waals surface area contributed by atoms with Gasteiger partial charge >= 0.3 is 0 Å². The minimum Gasteiger partial charge on any atom is -0.384 e. The molecule has 5 heteroatoms. The number of hydrogen-bond donors (Lipinski definition) is 1. The van der Waals surface area contributed by atoms with Crippen molar-refractivity contribution in [1.29, 1.82) is 0 Å². The second kappa shape index (κ2) is 6.91. The van der Waals surface area contributed by atoms with E-state index in [1.54, 1.807) is 36.5 Å². The Labute approximate surface area is 140 Å². The van der Waals surface area contributed by atoms with Gasteiger partial charge in [-0.05, 0) is 41.5 Å². The molecule has 1 aromatic carbocycles. The summed E-state index contributed by atoms with van der Waals surface area (Å²) in [5.41, 5.74) is 8.31. The van der Waals surface area contributed by atoms with Gasteiger partial charge in [0.2, 0.25) is 5.91 Å². The third-order valence-electron chi connectivity index (χ3n) is 3.67. The van der Waals surface area contributed by atoms with Crippen molar-refractivity contribution in [3.05, 3.63) is 72.1 Å². The maximum absolute atomic E-state index is 12.2. The Hall–Kier alpha value is -3.21. The molecule has 0 radical (unpaired) electrons. The van der Waals surface area contributed by atoms with Gasteiger partial charge in [-0.3, -0.25) is 9.78 Å². The maximum Gasteiger partial charge on any atom is 0.246 e. The maximum atomic E-state index is 12.2. The summed E-state index contributed by atoms with van der Waals surface area (Å²) in [4.78, 5) is 22.3. The van der Waals surface area contributed by atoms with E-state index in [0.717, 1.165) is 22.0 Å². The quantitative estimate of drug-likeness (QED) is 0.751. The minimum atomic E-state index is -0.0833. The van der Waals surface area contributed by atoms with Gasteiger partial charge in [0.25, 0.3) is 0 Å². The standard InChI is InChI=1S/C19H18N4O/c1-23(19(24)9-7-14-6-8-18(20)22-11-14)13-15-10-16-4-2-3-5-17(16)21-12-15/h2-12H,13H2,1H3,(H2,20,22). The zero-order chi connectivity index (χ0) is 16.9. The Kier molecular flexibility index (Phi) is 4.52. The van der Waals surface area contributed by atoms with E-state index in [0.29, 0.717) is 12.4 Å². The number of anilines is 1. The molecule has 0 aliphatic carbocycles. The van der Waals surface area contributed by atoms with Crippen LogP contribution in [0.1, 0.15) is 11.1 Å². The Morgan fingerprint density at radius 3 is 2.79 bits per heavy atom. The first-order valence-corrected chi connectivity index (χ1v) is 7.60. The number of rotatable bonds is 4. The summed E-state index contributed by atoms with van der Waals surface area (Å²) >= 11 is 0. The highest BCUT2D eigenvalue weighted by Crippen LogP contribution is 2.14. The molecule has 2 N–H and O–H groups in total. The number of aromatic nitrogens is 2. The van der Waals surface area contributed by atoms with E-state index in [4.69, 9.17) is 5.73 Å². The van der Waals surface area contributed by atoms with Crippen LogP contribution in [0.25, 0.3) is 17.0 Å². The monoisotopic (exact) mass is 318 g/mol. The topological polar surface area (TPSA) is 72.1 Å². The minimum absolute atomic E-state index is 0.0833. The number of benzene rings is 1. The van der Waals surface area contributed by atoms with E-state index in [2.05, 4.69) is 16.0 Å². The molecule has 0 spiro atoms. The van der Waals surface area contributed by atoms with Crippen molar-refractivity contribution < 1.29 is 4.79 Å². The van der Waals surface area contributed by atoms with Gasteiger partial charge in [-0.15, -0.1) is 0 Å². The molecule has 24 heavy (non-hydrogen) atoms. The third-order valence-corrected chi connectivity index (χ3v) is 3.67. The van der Waals surface area contributed by atoms with E-state index in [1.807, 2.05) is 30.3 Å². The summed E-state index contributed by atoms with van der Waals surface area (Å²) < 4.78 is 0. The molecule has 1 amide bonds. The summed E-state index contributed by atoms with van der Waals surface area (Å²) in [6.07, 6.45) is 6.69. The average molecular weight is 318 g/mol. The predicted molar refractivity (Wildman–Crippen MR) is 95.9 cm³/mol. The van der Waals surface area contributed by atoms with E-state index >= 15 is 0 Å². The number of carbonyl (C=O) groups excluding carboxylic acids is 1. The SMILES string of the molecule is CN(Cc1cnc2ccccc2c1)C(=O)C=Cc1ccc(N)nc1. The number of nitrogens with two attached hydrogens (primary N) is 1. The van der Waals surface area contributed by atoms with Crippen molar-refractivity contribution in [2.24, 2.45) is 0 Å². The van der Waals surface area contributed by atoms with Gasteiger partial charge in [-0.1, -0.05) is 18.2 Å². The van der Waals surface area contributed by atoms with E-state index < -0.39 is 0 Å². The lowest BCUT2D eigenvalue weighted by Gasteiger charge is -2.15. The molecular formula is C19H18N4O. The van der Waals surface area contributed by atoms with Crippen molar-refractivity contribution in [3.8, 4) is 0 Å². The lowest BCUT2D eigenvalue weighted by Crippen LogP contribution is -2.24. The van der Waals surface area contributed by atoms with Crippen LogP contribution in [0.5, 0.6) is 0 Å². The Morgan fingerprint density at radius 2 is 2.00 bits per heavy atom.